The van der Waals surface area contributed by atoms with Gasteiger partial charge in [0, 0.05) is 16.0 Å². The molecule has 0 spiro atoms. The van der Waals surface area contributed by atoms with E-state index in [1.54, 1.807) is 12.1 Å². The van der Waals surface area contributed by atoms with Gasteiger partial charge in [-0.05, 0) is 37.1 Å². The molecule has 0 bridgehead atoms. The van der Waals surface area contributed by atoms with E-state index in [9.17, 15) is 9.59 Å². The molecule has 1 fully saturated rings. The topological polar surface area (TPSA) is 55.4 Å². The van der Waals surface area contributed by atoms with Crippen LogP contribution in [0.25, 0.3) is 0 Å². The van der Waals surface area contributed by atoms with E-state index in [0.717, 1.165) is 36.6 Å². The summed E-state index contributed by atoms with van der Waals surface area (Å²) in [5.41, 5.74) is 2.80. The normalized spacial score (nSPS) is 14.7. The number of hydroxylamine groups is 1. The molecule has 1 aliphatic rings. The minimum atomic E-state index is -0.623. The molecule has 1 aromatic rings. The van der Waals surface area contributed by atoms with E-state index in [1.165, 1.54) is 0 Å². The highest BCUT2D eigenvalue weighted by Gasteiger charge is 2.23. The largest absolute Gasteiger partial charge is 0.340 e. The van der Waals surface area contributed by atoms with E-state index >= 15 is 0 Å². The summed E-state index contributed by atoms with van der Waals surface area (Å²) in [6.07, 6.45) is 4.90. The van der Waals surface area contributed by atoms with Gasteiger partial charge in [-0.2, -0.15) is 5.48 Å². The summed E-state index contributed by atoms with van der Waals surface area (Å²) in [5.74, 6) is 4.00. The fourth-order valence-corrected chi connectivity index (χ4v) is 2.47. The number of carbonyl (C=O) groups is 2. The van der Waals surface area contributed by atoms with Crippen LogP contribution in [0.15, 0.2) is 28.7 Å². The number of halogens is 1. The third-order valence-corrected chi connectivity index (χ3v) is 3.88. The monoisotopic (exact) mass is 349 g/mol. The molecule has 2 rings (SSSR count). The molecule has 1 saturated carbocycles. The number of benzene rings is 1. The van der Waals surface area contributed by atoms with Crippen molar-refractivity contribution in [2.24, 2.45) is 5.92 Å². The molecule has 4 nitrogen and oxygen atoms in total. The second-order valence-electron chi connectivity index (χ2n) is 4.94. The molecule has 1 N–H and O–H groups in total. The van der Waals surface area contributed by atoms with Crippen LogP contribution in [0, 0.1) is 17.8 Å². The van der Waals surface area contributed by atoms with Crippen LogP contribution in [-0.2, 0) is 14.4 Å². The van der Waals surface area contributed by atoms with Crippen molar-refractivity contribution >= 4 is 27.8 Å². The van der Waals surface area contributed by atoms with Crippen LogP contribution in [0.1, 0.15) is 37.7 Å². The fourth-order valence-electron chi connectivity index (χ4n) is 2.21. The van der Waals surface area contributed by atoms with Gasteiger partial charge in [0.25, 0.3) is 0 Å². The van der Waals surface area contributed by atoms with E-state index in [2.05, 4.69) is 33.3 Å². The Morgan fingerprint density at radius 3 is 2.48 bits per heavy atom. The molecular weight excluding hydrogens is 334 g/mol. The summed E-state index contributed by atoms with van der Waals surface area (Å²) in [5, 5.41) is 0. The third-order valence-electron chi connectivity index (χ3n) is 3.35. The Labute approximate surface area is 132 Å². The van der Waals surface area contributed by atoms with Crippen LogP contribution in [-0.4, -0.2) is 11.9 Å². The van der Waals surface area contributed by atoms with Crippen LogP contribution in [0.2, 0.25) is 0 Å². The number of amides is 1. The van der Waals surface area contributed by atoms with Gasteiger partial charge in [0.05, 0.1) is 5.92 Å². The van der Waals surface area contributed by atoms with E-state index in [4.69, 9.17) is 4.84 Å². The Bertz CT molecular complexity index is 565. The summed E-state index contributed by atoms with van der Waals surface area (Å²) in [7, 11) is 0. The van der Waals surface area contributed by atoms with Crippen molar-refractivity contribution in [2.45, 2.75) is 32.1 Å². The lowest BCUT2D eigenvalue weighted by Gasteiger charge is -2.18. The minimum Gasteiger partial charge on any atom is -0.340 e. The van der Waals surface area contributed by atoms with Crippen LogP contribution in [0.4, 0.5) is 0 Å². The molecule has 1 amide bonds. The lowest BCUT2D eigenvalue weighted by atomic mass is 9.89. The lowest BCUT2D eigenvalue weighted by Crippen LogP contribution is -2.30. The highest BCUT2D eigenvalue weighted by molar-refractivity contribution is 9.10. The number of carbonyl (C=O) groups excluding carboxylic acids is 2. The van der Waals surface area contributed by atoms with Crippen molar-refractivity contribution in [3.05, 3.63) is 34.3 Å². The first-order valence-corrected chi connectivity index (χ1v) is 7.73. The first kappa shape index (κ1) is 15.6. The summed E-state index contributed by atoms with van der Waals surface area (Å²) in [6.45, 7) is 0. The molecule has 21 heavy (non-hydrogen) atoms. The second kappa shape index (κ2) is 7.84. The van der Waals surface area contributed by atoms with Crippen molar-refractivity contribution in [3.8, 4) is 11.8 Å². The second-order valence-corrected chi connectivity index (χ2v) is 5.86. The molecule has 0 aromatic heterocycles. The van der Waals surface area contributed by atoms with Gasteiger partial charge in [-0.15, -0.1) is 0 Å². The predicted molar refractivity (Wildman–Crippen MR) is 81.8 cm³/mol. The van der Waals surface area contributed by atoms with Crippen LogP contribution < -0.4 is 5.48 Å². The molecule has 5 heteroatoms. The average Bonchev–Trinajstić information content (AvgIpc) is 2.53. The molecule has 0 radical (unpaired) electrons. The van der Waals surface area contributed by atoms with Gasteiger partial charge in [-0.3, -0.25) is 4.79 Å². The molecule has 1 aliphatic carbocycles. The summed E-state index contributed by atoms with van der Waals surface area (Å²) < 4.78 is 0.943. The van der Waals surface area contributed by atoms with Crippen molar-refractivity contribution < 1.29 is 14.4 Å². The lowest BCUT2D eigenvalue weighted by molar-refractivity contribution is -0.161. The highest BCUT2D eigenvalue weighted by atomic mass is 79.9. The summed E-state index contributed by atoms with van der Waals surface area (Å²) in [4.78, 5) is 28.0. The van der Waals surface area contributed by atoms with Crippen LogP contribution in [0.5, 0.6) is 0 Å². The maximum atomic E-state index is 11.7. The molecule has 0 atom stereocenters. The summed E-state index contributed by atoms with van der Waals surface area (Å²) in [6, 6.07) is 7.26. The van der Waals surface area contributed by atoms with Crippen molar-refractivity contribution in [3.63, 3.8) is 0 Å². The van der Waals surface area contributed by atoms with Gasteiger partial charge >= 0.3 is 11.9 Å². The Kier molecular flexibility index (Phi) is 5.82. The van der Waals surface area contributed by atoms with Gasteiger partial charge in [-0.1, -0.05) is 41.1 Å². The Balaban J connectivity index is 1.79. The van der Waals surface area contributed by atoms with E-state index in [1.807, 2.05) is 12.1 Å². The first-order chi connectivity index (χ1) is 10.1. The molecule has 0 saturated heterocycles. The van der Waals surface area contributed by atoms with Crippen molar-refractivity contribution in [1.82, 2.24) is 5.48 Å². The SMILES string of the molecule is O=C(C#Cc1ccc(Br)cc1)NOC(=O)C1CCCCC1. The zero-order valence-electron chi connectivity index (χ0n) is 11.5. The minimum absolute atomic E-state index is 0.0986. The number of hydrogen-bond donors (Lipinski definition) is 1. The Morgan fingerprint density at radius 2 is 1.81 bits per heavy atom. The molecular formula is C16H16BrNO3. The smallest absolute Gasteiger partial charge is 0.335 e. The number of nitrogens with one attached hydrogen (secondary N) is 1. The molecule has 0 unspecified atom stereocenters. The Morgan fingerprint density at radius 1 is 1.14 bits per heavy atom. The maximum Gasteiger partial charge on any atom is 0.335 e. The highest BCUT2D eigenvalue weighted by Crippen LogP contribution is 2.24. The first-order valence-electron chi connectivity index (χ1n) is 6.93. The quantitative estimate of drug-likeness (QED) is 0.626. The molecule has 0 aliphatic heterocycles. The predicted octanol–water partition coefficient (Wildman–Crippen LogP) is 2.96. The van der Waals surface area contributed by atoms with Crippen LogP contribution in [0.3, 0.4) is 0 Å². The standard InChI is InChI=1S/C16H16BrNO3/c17-14-9-6-12(7-10-14)8-11-15(19)18-21-16(20)13-4-2-1-3-5-13/h6-7,9-10,13H,1-5H2,(H,18,19). The van der Waals surface area contributed by atoms with Crippen molar-refractivity contribution in [2.75, 3.05) is 0 Å². The van der Waals surface area contributed by atoms with E-state index in [-0.39, 0.29) is 11.9 Å². The average molecular weight is 350 g/mol. The number of rotatable bonds is 1. The van der Waals surface area contributed by atoms with Gasteiger partial charge in [0.15, 0.2) is 0 Å². The van der Waals surface area contributed by atoms with Gasteiger partial charge < -0.3 is 4.84 Å². The molecule has 1 aromatic carbocycles. The number of hydrogen-bond acceptors (Lipinski definition) is 3. The van der Waals surface area contributed by atoms with Crippen molar-refractivity contribution in [1.29, 1.82) is 0 Å². The maximum absolute atomic E-state index is 11.7. The summed E-state index contributed by atoms with van der Waals surface area (Å²) >= 11 is 3.32. The zero-order chi connectivity index (χ0) is 15.1. The third kappa shape index (κ3) is 5.24. The molecule has 110 valence electrons. The van der Waals surface area contributed by atoms with Crippen LogP contribution >= 0.6 is 15.9 Å². The van der Waals surface area contributed by atoms with E-state index in [0.29, 0.717) is 5.56 Å². The van der Waals surface area contributed by atoms with E-state index < -0.39 is 5.91 Å². The molecule has 0 heterocycles. The Hall–Kier alpha value is -1.80. The van der Waals surface area contributed by atoms with Gasteiger partial charge in [-0.25, -0.2) is 4.79 Å². The van der Waals surface area contributed by atoms with Gasteiger partial charge in [0.1, 0.15) is 0 Å². The van der Waals surface area contributed by atoms with Gasteiger partial charge in [0.2, 0.25) is 0 Å². The zero-order valence-corrected chi connectivity index (χ0v) is 13.1. The fraction of sp³-hybridized carbons (Fsp3) is 0.375.